The number of rotatable bonds is 6. The number of carbonyl (C=O) groups excluding carboxylic acids is 2. The molecule has 1 aliphatic rings. The number of primary amides is 1. The minimum Gasteiger partial charge on any atom is -0.370 e. The van der Waals surface area contributed by atoms with Crippen LogP contribution >= 0.6 is 11.3 Å². The molecule has 1 aliphatic heterocycles. The molecule has 9 heteroatoms. The molecule has 3 N–H and O–H groups in total. The maximum atomic E-state index is 13.2. The van der Waals surface area contributed by atoms with E-state index in [2.05, 4.69) is 20.3 Å². The number of nitrogens with one attached hydrogen (secondary N) is 1. The van der Waals surface area contributed by atoms with E-state index >= 15 is 0 Å². The van der Waals surface area contributed by atoms with Crippen molar-refractivity contribution in [1.82, 2.24) is 19.9 Å². The minimum atomic E-state index is -0.332. The van der Waals surface area contributed by atoms with E-state index in [1.807, 2.05) is 36.6 Å². The number of nitrogens with two attached hydrogens (primary N) is 1. The zero-order chi connectivity index (χ0) is 20.4. The molecule has 2 atom stereocenters. The topological polar surface area (TPSA) is 114 Å². The number of fused-ring (bicyclic) bond motifs is 1. The maximum Gasteiger partial charge on any atom is 0.274 e. The van der Waals surface area contributed by atoms with Crippen molar-refractivity contribution < 1.29 is 9.59 Å². The Bertz CT molecular complexity index is 1040. The standard InChI is InChI=1S/C20H22N6O2S/c1-12(14-4-2-3-7-22-14)23-20-24-15-6-9-29-18(15)17(25-20)19(28)26-8-5-13(11-26)10-16(21)27/h2-4,6-7,9,12-13H,5,8,10-11H2,1H3,(H2,21,27)(H,23,24,25)/t12-,13-/m0/s1. The summed E-state index contributed by atoms with van der Waals surface area (Å²) >= 11 is 1.45. The van der Waals surface area contributed by atoms with Gasteiger partial charge in [-0.2, -0.15) is 0 Å². The van der Waals surface area contributed by atoms with Gasteiger partial charge in [-0.05, 0) is 42.8 Å². The molecule has 1 saturated heterocycles. The smallest absolute Gasteiger partial charge is 0.274 e. The second-order valence-electron chi connectivity index (χ2n) is 7.23. The molecule has 4 heterocycles. The van der Waals surface area contributed by atoms with Gasteiger partial charge in [0.2, 0.25) is 11.9 Å². The lowest BCUT2D eigenvalue weighted by Crippen LogP contribution is -2.30. The molecule has 0 aliphatic carbocycles. The van der Waals surface area contributed by atoms with Crippen molar-refractivity contribution in [2.24, 2.45) is 11.7 Å². The van der Waals surface area contributed by atoms with E-state index in [-0.39, 0.29) is 23.8 Å². The fourth-order valence-corrected chi connectivity index (χ4v) is 4.40. The van der Waals surface area contributed by atoms with Gasteiger partial charge in [0.1, 0.15) is 0 Å². The Morgan fingerprint density at radius 3 is 2.97 bits per heavy atom. The predicted molar refractivity (Wildman–Crippen MR) is 112 cm³/mol. The molecule has 0 bridgehead atoms. The number of hydrogen-bond acceptors (Lipinski definition) is 7. The second-order valence-corrected chi connectivity index (χ2v) is 8.14. The molecule has 0 aromatic carbocycles. The average molecular weight is 411 g/mol. The average Bonchev–Trinajstić information content (AvgIpc) is 3.36. The van der Waals surface area contributed by atoms with E-state index in [0.29, 0.717) is 31.2 Å². The zero-order valence-electron chi connectivity index (χ0n) is 16.0. The Morgan fingerprint density at radius 2 is 2.21 bits per heavy atom. The van der Waals surface area contributed by atoms with Crippen LogP contribution in [0.1, 0.15) is 42.0 Å². The lowest BCUT2D eigenvalue weighted by atomic mass is 10.1. The van der Waals surface area contributed by atoms with Gasteiger partial charge in [-0.25, -0.2) is 9.97 Å². The number of hydrogen-bond donors (Lipinski definition) is 2. The summed E-state index contributed by atoms with van der Waals surface area (Å²) in [5.74, 6) is 0.0338. The van der Waals surface area contributed by atoms with Gasteiger partial charge >= 0.3 is 0 Å². The van der Waals surface area contributed by atoms with Crippen LogP contribution in [0, 0.1) is 5.92 Å². The number of anilines is 1. The molecule has 3 aromatic heterocycles. The molecule has 29 heavy (non-hydrogen) atoms. The monoisotopic (exact) mass is 410 g/mol. The molecule has 1 fully saturated rings. The molecule has 150 valence electrons. The first-order chi connectivity index (χ1) is 14.0. The van der Waals surface area contributed by atoms with E-state index < -0.39 is 0 Å². The van der Waals surface area contributed by atoms with E-state index in [1.165, 1.54) is 11.3 Å². The second kappa shape index (κ2) is 8.12. The number of amides is 2. The maximum absolute atomic E-state index is 13.2. The first-order valence-corrected chi connectivity index (χ1v) is 10.4. The lowest BCUT2D eigenvalue weighted by Gasteiger charge is -2.18. The van der Waals surface area contributed by atoms with Crippen LogP contribution in [0.25, 0.3) is 10.2 Å². The third-order valence-electron chi connectivity index (χ3n) is 5.05. The van der Waals surface area contributed by atoms with Crippen molar-refractivity contribution in [1.29, 1.82) is 0 Å². The van der Waals surface area contributed by atoms with Crippen LogP contribution in [0.15, 0.2) is 35.8 Å². The summed E-state index contributed by atoms with van der Waals surface area (Å²) in [6, 6.07) is 7.49. The van der Waals surface area contributed by atoms with Gasteiger partial charge in [0.25, 0.3) is 5.91 Å². The molecular formula is C20H22N6O2S. The highest BCUT2D eigenvalue weighted by Gasteiger charge is 2.30. The number of pyridine rings is 1. The van der Waals surface area contributed by atoms with E-state index in [4.69, 9.17) is 5.73 Å². The van der Waals surface area contributed by atoms with Crippen LogP contribution in [0.4, 0.5) is 5.95 Å². The summed E-state index contributed by atoms with van der Waals surface area (Å²) in [6.07, 6.45) is 2.81. The Kier molecular flexibility index (Phi) is 5.39. The van der Waals surface area contributed by atoms with Crippen LogP contribution in [0.3, 0.4) is 0 Å². The molecule has 3 aromatic rings. The molecule has 0 unspecified atom stereocenters. The van der Waals surface area contributed by atoms with E-state index in [0.717, 1.165) is 22.3 Å². The third-order valence-corrected chi connectivity index (χ3v) is 5.96. The highest BCUT2D eigenvalue weighted by atomic mass is 32.1. The highest BCUT2D eigenvalue weighted by molar-refractivity contribution is 7.17. The van der Waals surface area contributed by atoms with E-state index in [9.17, 15) is 9.59 Å². The summed E-state index contributed by atoms with van der Waals surface area (Å²) in [5, 5.41) is 5.15. The SMILES string of the molecule is C[C@H](Nc1nc(C(=O)N2CC[C@@H](CC(N)=O)C2)c2sccc2n1)c1ccccn1. The van der Waals surface area contributed by atoms with Crippen LogP contribution in [0.2, 0.25) is 0 Å². The Balaban J connectivity index is 1.58. The van der Waals surface area contributed by atoms with Crippen molar-refractivity contribution in [3.8, 4) is 0 Å². The van der Waals surface area contributed by atoms with Gasteiger partial charge in [-0.3, -0.25) is 14.6 Å². The van der Waals surface area contributed by atoms with Crippen molar-refractivity contribution in [2.75, 3.05) is 18.4 Å². The molecule has 0 saturated carbocycles. The van der Waals surface area contributed by atoms with Gasteiger partial charge in [0.05, 0.1) is 22.0 Å². The first-order valence-electron chi connectivity index (χ1n) is 9.51. The number of thiophene rings is 1. The van der Waals surface area contributed by atoms with Crippen LogP contribution in [0.5, 0.6) is 0 Å². The summed E-state index contributed by atoms with van der Waals surface area (Å²) in [5.41, 5.74) is 7.29. The number of aromatic nitrogens is 3. The van der Waals surface area contributed by atoms with Crippen LogP contribution in [-0.4, -0.2) is 44.8 Å². The first kappa shape index (κ1) is 19.3. The van der Waals surface area contributed by atoms with Crippen molar-refractivity contribution >= 4 is 39.3 Å². The van der Waals surface area contributed by atoms with Crippen LogP contribution in [-0.2, 0) is 4.79 Å². The summed E-state index contributed by atoms with van der Waals surface area (Å²) in [7, 11) is 0. The van der Waals surface area contributed by atoms with Gasteiger partial charge in [0.15, 0.2) is 5.69 Å². The fourth-order valence-electron chi connectivity index (χ4n) is 3.59. The largest absolute Gasteiger partial charge is 0.370 e. The van der Waals surface area contributed by atoms with Crippen molar-refractivity contribution in [3.63, 3.8) is 0 Å². The van der Waals surface area contributed by atoms with Crippen molar-refractivity contribution in [2.45, 2.75) is 25.8 Å². The van der Waals surface area contributed by atoms with Gasteiger partial charge in [-0.15, -0.1) is 11.3 Å². The minimum absolute atomic E-state index is 0.109. The third kappa shape index (κ3) is 4.19. The molecule has 0 spiro atoms. The lowest BCUT2D eigenvalue weighted by molar-refractivity contribution is -0.118. The Labute approximate surface area is 172 Å². The number of nitrogens with zero attached hydrogens (tertiary/aromatic N) is 4. The molecular weight excluding hydrogens is 388 g/mol. The molecule has 2 amide bonds. The molecule has 0 radical (unpaired) electrons. The van der Waals surface area contributed by atoms with Gasteiger partial charge in [-0.1, -0.05) is 6.07 Å². The normalized spacial score (nSPS) is 17.4. The van der Waals surface area contributed by atoms with Crippen LogP contribution < -0.4 is 11.1 Å². The van der Waals surface area contributed by atoms with Gasteiger partial charge < -0.3 is 16.0 Å². The quantitative estimate of drug-likeness (QED) is 0.646. The predicted octanol–water partition coefficient (Wildman–Crippen LogP) is 2.60. The summed E-state index contributed by atoms with van der Waals surface area (Å²) < 4.78 is 0.768. The summed E-state index contributed by atoms with van der Waals surface area (Å²) in [6.45, 7) is 3.09. The number of likely N-dealkylation sites (tertiary alicyclic amines) is 1. The Morgan fingerprint density at radius 1 is 1.34 bits per heavy atom. The summed E-state index contributed by atoms with van der Waals surface area (Å²) in [4.78, 5) is 39.6. The molecule has 4 rings (SSSR count). The van der Waals surface area contributed by atoms with E-state index in [1.54, 1.807) is 11.1 Å². The molecule has 8 nitrogen and oxygen atoms in total. The number of carbonyl (C=O) groups is 2. The zero-order valence-corrected chi connectivity index (χ0v) is 16.9. The fraction of sp³-hybridized carbons (Fsp3) is 0.350. The Hall–Kier alpha value is -3.07. The van der Waals surface area contributed by atoms with Gasteiger partial charge in [0, 0.05) is 25.7 Å². The van der Waals surface area contributed by atoms with Crippen molar-refractivity contribution in [3.05, 3.63) is 47.2 Å². The highest BCUT2D eigenvalue weighted by Crippen LogP contribution is 2.28.